The molecule has 1 atom stereocenters. The lowest BCUT2D eigenvalue weighted by Crippen LogP contribution is -2.39. The van der Waals surface area contributed by atoms with Crippen LogP contribution < -0.4 is 5.32 Å². The minimum Gasteiger partial charge on any atom is -0.461 e. The molecule has 0 heterocycles. The molecule has 1 amide bonds. The third kappa shape index (κ3) is 15.5. The van der Waals surface area contributed by atoms with E-state index in [1.54, 1.807) is 6.92 Å². The summed E-state index contributed by atoms with van der Waals surface area (Å²) in [5.74, 6) is -1.87. The maximum Gasteiger partial charge on any atom is 0.333 e. The molecule has 1 unspecified atom stereocenters. The van der Waals surface area contributed by atoms with E-state index in [0.29, 0.717) is 6.42 Å². The summed E-state index contributed by atoms with van der Waals surface area (Å²) < 4.78 is 62.9. The molecule has 0 rings (SSSR count). The van der Waals surface area contributed by atoms with Crippen molar-refractivity contribution >= 4 is 32.1 Å². The van der Waals surface area contributed by atoms with Gasteiger partial charge in [-0.15, -0.1) is 0 Å². The van der Waals surface area contributed by atoms with Crippen LogP contribution in [-0.4, -0.2) is 55.6 Å². The van der Waals surface area contributed by atoms with Gasteiger partial charge in [-0.1, -0.05) is 26.5 Å². The van der Waals surface area contributed by atoms with Gasteiger partial charge in [0.1, 0.15) is 12.4 Å². The summed E-state index contributed by atoms with van der Waals surface area (Å²) in [5, 5.41) is 0.879. The van der Waals surface area contributed by atoms with E-state index >= 15 is 0 Å². The lowest BCUT2D eigenvalue weighted by molar-refractivity contribution is -0.138. The van der Waals surface area contributed by atoms with Crippen LogP contribution in [0.25, 0.3) is 0 Å². The predicted octanol–water partition coefficient (Wildman–Crippen LogP) is 0.296. The normalized spacial score (nSPS) is 12.2. The van der Waals surface area contributed by atoms with Gasteiger partial charge in [-0.3, -0.25) is 13.9 Å². The quantitative estimate of drug-likeness (QED) is 0.280. The number of ether oxygens (including phenoxy) is 1. The van der Waals surface area contributed by atoms with Gasteiger partial charge in [0.25, 0.3) is 20.2 Å². The zero-order chi connectivity index (χ0) is 20.3. The Morgan fingerprint density at radius 2 is 1.76 bits per heavy atom. The Morgan fingerprint density at radius 3 is 2.08 bits per heavy atom. The number of carbonyl (C=O) groups is 2. The lowest BCUT2D eigenvalue weighted by Gasteiger charge is -2.12. The third-order valence-corrected chi connectivity index (χ3v) is 4.08. The summed E-state index contributed by atoms with van der Waals surface area (Å²) in [4.78, 5) is 21.4. The SMILES string of the molecule is C=C(C)C(=O)OCCS(=O)(=O)O.C=CC(=O)NC(CCC)S(=O)(=O)O. The molecule has 0 aliphatic heterocycles. The molecule has 0 aliphatic carbocycles. The van der Waals surface area contributed by atoms with Crippen molar-refractivity contribution in [2.75, 3.05) is 12.4 Å². The molecule has 0 saturated heterocycles. The van der Waals surface area contributed by atoms with Crippen LogP contribution in [0.4, 0.5) is 0 Å². The first-order valence-electron chi connectivity index (χ1n) is 6.91. The molecular weight excluding hydrogens is 378 g/mol. The van der Waals surface area contributed by atoms with E-state index in [9.17, 15) is 26.4 Å². The summed E-state index contributed by atoms with van der Waals surface area (Å²) >= 11 is 0. The first kappa shape index (κ1) is 25.5. The number of hydrogen-bond donors (Lipinski definition) is 3. The Morgan fingerprint density at radius 1 is 1.24 bits per heavy atom. The van der Waals surface area contributed by atoms with Gasteiger partial charge >= 0.3 is 5.97 Å². The van der Waals surface area contributed by atoms with Crippen LogP contribution in [0, 0.1) is 0 Å². The molecule has 0 fully saturated rings. The van der Waals surface area contributed by atoms with Gasteiger partial charge in [0.05, 0.1) is 0 Å². The van der Waals surface area contributed by atoms with Crippen molar-refractivity contribution in [2.45, 2.75) is 32.1 Å². The highest BCUT2D eigenvalue weighted by Crippen LogP contribution is 2.03. The van der Waals surface area contributed by atoms with Gasteiger partial charge in [-0.2, -0.15) is 16.8 Å². The lowest BCUT2D eigenvalue weighted by atomic mass is 10.3. The van der Waals surface area contributed by atoms with Crippen molar-refractivity contribution in [3.8, 4) is 0 Å². The standard InChI is InChI=1S/C7H13NO4S.C6H10O5S/c1-3-5-7(13(10,11)12)8-6(9)4-2;1-5(2)6(7)11-3-4-12(8,9)10/h4,7H,2-3,5H2,1H3,(H,8,9)(H,10,11,12);1,3-4H2,2H3,(H,8,9,10). The Hall–Kier alpha value is -1.76. The minimum absolute atomic E-state index is 0.179. The maximum absolute atomic E-state index is 10.7. The van der Waals surface area contributed by atoms with Crippen LogP contribution in [0.2, 0.25) is 0 Å². The Balaban J connectivity index is 0. The molecular formula is C13H23NO9S2. The van der Waals surface area contributed by atoms with Crippen LogP contribution >= 0.6 is 0 Å². The molecule has 146 valence electrons. The summed E-state index contributed by atoms with van der Waals surface area (Å²) in [6.07, 6.45) is 1.67. The number of rotatable bonds is 9. The molecule has 0 bridgehead atoms. The van der Waals surface area contributed by atoms with Crippen molar-refractivity contribution in [1.29, 1.82) is 0 Å². The van der Waals surface area contributed by atoms with E-state index in [2.05, 4.69) is 23.2 Å². The van der Waals surface area contributed by atoms with Crippen molar-refractivity contribution < 1.29 is 40.3 Å². The van der Waals surface area contributed by atoms with Gasteiger partial charge in [-0.25, -0.2) is 4.79 Å². The van der Waals surface area contributed by atoms with Crippen molar-refractivity contribution in [3.63, 3.8) is 0 Å². The van der Waals surface area contributed by atoms with Crippen LogP contribution in [0.3, 0.4) is 0 Å². The zero-order valence-electron chi connectivity index (χ0n) is 14.0. The Kier molecular flexibility index (Phi) is 12.0. The van der Waals surface area contributed by atoms with Crippen LogP contribution in [0.1, 0.15) is 26.7 Å². The maximum atomic E-state index is 10.7. The van der Waals surface area contributed by atoms with Gasteiger partial charge in [0.15, 0.2) is 5.37 Å². The highest BCUT2D eigenvalue weighted by Gasteiger charge is 2.22. The highest BCUT2D eigenvalue weighted by atomic mass is 32.2. The van der Waals surface area contributed by atoms with Gasteiger partial charge in [-0.05, 0) is 19.4 Å². The van der Waals surface area contributed by atoms with E-state index in [-0.39, 0.29) is 18.6 Å². The molecule has 0 aromatic rings. The van der Waals surface area contributed by atoms with E-state index in [1.165, 1.54) is 6.92 Å². The smallest absolute Gasteiger partial charge is 0.333 e. The molecule has 12 heteroatoms. The second-order valence-corrected chi connectivity index (χ2v) is 7.88. The van der Waals surface area contributed by atoms with Gasteiger partial charge < -0.3 is 10.1 Å². The van der Waals surface area contributed by atoms with E-state index in [1.807, 2.05) is 0 Å². The first-order chi connectivity index (χ1) is 11.2. The van der Waals surface area contributed by atoms with Crippen molar-refractivity contribution in [2.24, 2.45) is 0 Å². The molecule has 0 spiro atoms. The third-order valence-electron chi connectivity index (χ3n) is 2.32. The fourth-order valence-corrected chi connectivity index (χ4v) is 2.23. The van der Waals surface area contributed by atoms with Crippen molar-refractivity contribution in [1.82, 2.24) is 5.32 Å². The molecule has 0 aromatic carbocycles. The first-order valence-corrected chi connectivity index (χ1v) is 10.0. The van der Waals surface area contributed by atoms with E-state index in [4.69, 9.17) is 9.11 Å². The summed E-state index contributed by atoms with van der Waals surface area (Å²) in [7, 11) is -8.26. The molecule has 0 aliphatic rings. The number of esters is 1. The Labute approximate surface area is 147 Å². The molecule has 3 N–H and O–H groups in total. The summed E-state index contributed by atoms with van der Waals surface area (Å²) in [6.45, 7) is 9.28. The van der Waals surface area contributed by atoms with Gasteiger partial charge in [0.2, 0.25) is 5.91 Å². The largest absolute Gasteiger partial charge is 0.461 e. The minimum atomic E-state index is -4.21. The number of carbonyl (C=O) groups excluding carboxylic acids is 2. The van der Waals surface area contributed by atoms with Crippen LogP contribution in [0.5, 0.6) is 0 Å². The average Bonchev–Trinajstić information content (AvgIpc) is 2.44. The molecule has 0 aromatic heterocycles. The van der Waals surface area contributed by atoms with Gasteiger partial charge in [0, 0.05) is 5.57 Å². The summed E-state index contributed by atoms with van der Waals surface area (Å²) in [5.41, 5.74) is 0.185. The fraction of sp³-hybridized carbons (Fsp3) is 0.538. The second-order valence-electron chi connectivity index (χ2n) is 4.71. The number of hydrogen-bond acceptors (Lipinski definition) is 7. The fourth-order valence-electron chi connectivity index (χ4n) is 1.14. The molecule has 0 saturated carbocycles. The number of amides is 1. The van der Waals surface area contributed by atoms with Crippen LogP contribution in [0.15, 0.2) is 24.8 Å². The zero-order valence-corrected chi connectivity index (χ0v) is 15.6. The average molecular weight is 401 g/mol. The van der Waals surface area contributed by atoms with E-state index < -0.39 is 43.2 Å². The molecule has 25 heavy (non-hydrogen) atoms. The second kappa shape index (κ2) is 11.7. The monoisotopic (exact) mass is 401 g/mol. The summed E-state index contributed by atoms with van der Waals surface area (Å²) in [6, 6.07) is 0. The Bertz CT molecular complexity index is 680. The molecule has 10 nitrogen and oxygen atoms in total. The van der Waals surface area contributed by atoms with Crippen LogP contribution in [-0.2, 0) is 34.6 Å². The van der Waals surface area contributed by atoms with E-state index in [0.717, 1.165) is 6.08 Å². The van der Waals surface area contributed by atoms with Crippen molar-refractivity contribution in [3.05, 3.63) is 24.8 Å². The molecule has 0 radical (unpaired) electrons. The highest BCUT2D eigenvalue weighted by molar-refractivity contribution is 7.86. The topological polar surface area (TPSA) is 164 Å². The predicted molar refractivity (Wildman–Crippen MR) is 90.8 cm³/mol. The number of nitrogens with one attached hydrogen (secondary N) is 1.